The van der Waals surface area contributed by atoms with Crippen molar-refractivity contribution < 1.29 is 26.4 Å². The molecule has 1 aliphatic heterocycles. The molecule has 31 heavy (non-hydrogen) atoms. The number of piperidine rings is 1. The minimum absolute atomic E-state index is 0.465. The second kappa shape index (κ2) is 9.27. The molecule has 0 unspecified atom stereocenters. The van der Waals surface area contributed by atoms with Crippen molar-refractivity contribution >= 4 is 27.3 Å². The van der Waals surface area contributed by atoms with Gasteiger partial charge in [-0.1, -0.05) is 12.1 Å². The molecule has 6 nitrogen and oxygen atoms in total. The summed E-state index contributed by atoms with van der Waals surface area (Å²) in [5.74, 6) is -0.682. The third kappa shape index (κ3) is 5.76. The van der Waals surface area contributed by atoms with Crippen LogP contribution in [0.2, 0.25) is 0 Å². The predicted octanol–water partition coefficient (Wildman–Crippen LogP) is 4.00. The first-order valence-corrected chi connectivity index (χ1v) is 11.4. The maximum atomic E-state index is 13.2. The molecule has 1 heterocycles. The molecule has 1 fully saturated rings. The molecule has 0 aromatic heterocycles. The van der Waals surface area contributed by atoms with Crippen LogP contribution in [0.3, 0.4) is 0 Å². The molecule has 0 spiro atoms. The number of benzene rings is 2. The maximum absolute atomic E-state index is 13.2. The molecule has 1 aliphatic rings. The van der Waals surface area contributed by atoms with Gasteiger partial charge >= 0.3 is 6.18 Å². The van der Waals surface area contributed by atoms with Gasteiger partial charge in [0.05, 0.1) is 16.5 Å². The lowest BCUT2D eigenvalue weighted by molar-refractivity contribution is -0.139. The summed E-state index contributed by atoms with van der Waals surface area (Å²) in [5, 5.41) is 2.58. The predicted molar refractivity (Wildman–Crippen MR) is 112 cm³/mol. The Bertz CT molecular complexity index is 1020. The van der Waals surface area contributed by atoms with Gasteiger partial charge in [-0.05, 0) is 62.6 Å². The summed E-state index contributed by atoms with van der Waals surface area (Å²) in [6, 6.07) is 9.71. The van der Waals surface area contributed by atoms with E-state index >= 15 is 0 Å². The molecule has 2 N–H and O–H groups in total. The number of hydrogen-bond donors (Lipinski definition) is 2. The van der Waals surface area contributed by atoms with Crippen LogP contribution in [0.1, 0.15) is 31.7 Å². The minimum atomic E-state index is -4.84. The lowest BCUT2D eigenvalue weighted by Crippen LogP contribution is -2.42. The molecule has 168 valence electrons. The van der Waals surface area contributed by atoms with Crippen LogP contribution in [0, 0.1) is 0 Å². The molecule has 0 radical (unpaired) electrons. The Hall–Kier alpha value is -2.59. The average molecular weight is 456 g/mol. The van der Waals surface area contributed by atoms with Gasteiger partial charge in [0.25, 0.3) is 0 Å². The molecular weight excluding hydrogens is 431 g/mol. The Morgan fingerprint density at radius 2 is 1.61 bits per heavy atom. The largest absolute Gasteiger partial charge is 0.417 e. The smallest absolute Gasteiger partial charge is 0.372 e. The van der Waals surface area contributed by atoms with Crippen LogP contribution < -0.4 is 14.9 Å². The normalized spacial score (nSPS) is 16.1. The summed E-state index contributed by atoms with van der Waals surface area (Å²) >= 11 is 0. The van der Waals surface area contributed by atoms with E-state index in [-0.39, 0.29) is 0 Å². The van der Waals surface area contributed by atoms with E-state index in [0.717, 1.165) is 43.8 Å². The highest BCUT2D eigenvalue weighted by atomic mass is 32.2. The first-order chi connectivity index (χ1) is 14.6. The van der Waals surface area contributed by atoms with Crippen molar-refractivity contribution in [3.05, 3.63) is 54.1 Å². The van der Waals surface area contributed by atoms with Gasteiger partial charge in [-0.25, -0.2) is 8.42 Å². The summed E-state index contributed by atoms with van der Waals surface area (Å²) in [6.07, 6.45) is -1.36. The zero-order valence-electron chi connectivity index (χ0n) is 16.9. The van der Waals surface area contributed by atoms with Gasteiger partial charge in [0.2, 0.25) is 15.9 Å². The minimum Gasteiger partial charge on any atom is -0.372 e. The van der Waals surface area contributed by atoms with Crippen molar-refractivity contribution in [2.75, 3.05) is 23.3 Å². The fourth-order valence-corrected chi connectivity index (χ4v) is 4.87. The molecule has 1 saturated heterocycles. The SMILES string of the molecule is C[C@H](NS(=O)(=O)c1ccccc1C(F)(F)F)C(=O)Nc1ccc(N2CCCCC2)cc1. The zero-order valence-corrected chi connectivity index (χ0v) is 17.8. The highest BCUT2D eigenvalue weighted by Crippen LogP contribution is 2.34. The van der Waals surface area contributed by atoms with E-state index in [1.807, 2.05) is 16.9 Å². The number of amides is 1. The molecule has 3 rings (SSSR count). The summed E-state index contributed by atoms with van der Waals surface area (Å²) in [6.45, 7) is 3.22. The quantitative estimate of drug-likeness (QED) is 0.690. The number of nitrogens with zero attached hydrogens (tertiary/aromatic N) is 1. The van der Waals surface area contributed by atoms with Gasteiger partial charge in [-0.2, -0.15) is 17.9 Å². The van der Waals surface area contributed by atoms with E-state index in [2.05, 4.69) is 10.2 Å². The summed E-state index contributed by atoms with van der Waals surface area (Å²) < 4.78 is 66.5. The van der Waals surface area contributed by atoms with Crippen LogP contribution in [0.4, 0.5) is 24.5 Å². The standard InChI is InChI=1S/C21H24F3N3O3S/c1-15(26-31(29,30)19-8-4-3-7-18(19)21(22,23)24)20(28)25-16-9-11-17(12-10-16)27-13-5-2-6-14-27/h3-4,7-12,15,26H,2,5-6,13-14H2,1H3,(H,25,28)/t15-/m0/s1. The number of hydrogen-bond acceptors (Lipinski definition) is 4. The van der Waals surface area contributed by atoms with Crippen LogP contribution in [-0.2, 0) is 21.0 Å². The molecule has 0 saturated carbocycles. The van der Waals surface area contributed by atoms with Gasteiger partial charge in [0.15, 0.2) is 0 Å². The number of rotatable bonds is 6. The number of anilines is 2. The topological polar surface area (TPSA) is 78.5 Å². The Morgan fingerprint density at radius 1 is 1.00 bits per heavy atom. The van der Waals surface area contributed by atoms with Gasteiger partial charge < -0.3 is 10.2 Å². The highest BCUT2D eigenvalue weighted by Gasteiger charge is 2.37. The van der Waals surface area contributed by atoms with Crippen molar-refractivity contribution in [2.45, 2.75) is 43.3 Å². The second-order valence-electron chi connectivity index (χ2n) is 7.42. The van der Waals surface area contributed by atoms with Crippen LogP contribution in [-0.4, -0.2) is 33.5 Å². The van der Waals surface area contributed by atoms with E-state index < -0.39 is 38.6 Å². The number of alkyl halides is 3. The third-order valence-corrected chi connectivity index (χ3v) is 6.66. The van der Waals surface area contributed by atoms with E-state index in [1.165, 1.54) is 19.4 Å². The van der Waals surface area contributed by atoms with Crippen LogP contribution >= 0.6 is 0 Å². The molecule has 2 aromatic carbocycles. The van der Waals surface area contributed by atoms with E-state index in [4.69, 9.17) is 0 Å². The van der Waals surface area contributed by atoms with Gasteiger partial charge in [0.1, 0.15) is 0 Å². The van der Waals surface area contributed by atoms with Crippen molar-refractivity contribution in [3.63, 3.8) is 0 Å². The molecule has 2 aromatic rings. The number of carbonyl (C=O) groups is 1. The molecule has 10 heteroatoms. The Balaban J connectivity index is 1.67. The van der Waals surface area contributed by atoms with Gasteiger partial charge in [-0.3, -0.25) is 4.79 Å². The van der Waals surface area contributed by atoms with Crippen LogP contribution in [0.15, 0.2) is 53.4 Å². The average Bonchev–Trinajstić information content (AvgIpc) is 2.74. The van der Waals surface area contributed by atoms with E-state index in [9.17, 15) is 26.4 Å². The fraction of sp³-hybridized carbons (Fsp3) is 0.381. The summed E-state index contributed by atoms with van der Waals surface area (Å²) in [7, 11) is -4.57. The lowest BCUT2D eigenvalue weighted by Gasteiger charge is -2.28. The summed E-state index contributed by atoms with van der Waals surface area (Å²) in [5.41, 5.74) is 0.214. The van der Waals surface area contributed by atoms with Crippen LogP contribution in [0.25, 0.3) is 0 Å². The highest BCUT2D eigenvalue weighted by molar-refractivity contribution is 7.89. The van der Waals surface area contributed by atoms with E-state index in [0.29, 0.717) is 11.8 Å². The molecule has 1 amide bonds. The molecule has 0 bridgehead atoms. The van der Waals surface area contributed by atoms with E-state index in [1.54, 1.807) is 12.1 Å². The molecular formula is C21H24F3N3O3S. The number of halogens is 3. The van der Waals surface area contributed by atoms with Gasteiger partial charge in [0, 0.05) is 24.5 Å². The fourth-order valence-electron chi connectivity index (χ4n) is 3.44. The first kappa shape index (κ1) is 23.1. The Kier molecular flexibility index (Phi) is 6.90. The second-order valence-corrected chi connectivity index (χ2v) is 9.10. The summed E-state index contributed by atoms with van der Waals surface area (Å²) in [4.78, 5) is 13.8. The van der Waals surface area contributed by atoms with Crippen molar-refractivity contribution in [2.24, 2.45) is 0 Å². The monoisotopic (exact) mass is 455 g/mol. The van der Waals surface area contributed by atoms with Gasteiger partial charge in [-0.15, -0.1) is 0 Å². The number of sulfonamides is 1. The lowest BCUT2D eigenvalue weighted by atomic mass is 10.1. The molecule has 0 aliphatic carbocycles. The molecule has 1 atom stereocenters. The Labute approximate surface area is 179 Å². The first-order valence-electron chi connectivity index (χ1n) is 9.92. The van der Waals surface area contributed by atoms with Crippen molar-refractivity contribution in [1.82, 2.24) is 4.72 Å². The van der Waals surface area contributed by atoms with Crippen molar-refractivity contribution in [3.8, 4) is 0 Å². The number of nitrogens with one attached hydrogen (secondary N) is 2. The van der Waals surface area contributed by atoms with Crippen molar-refractivity contribution in [1.29, 1.82) is 0 Å². The zero-order chi connectivity index (χ0) is 22.6. The Morgan fingerprint density at radius 3 is 2.23 bits per heavy atom. The third-order valence-electron chi connectivity index (χ3n) is 5.06. The van der Waals surface area contributed by atoms with Crippen LogP contribution in [0.5, 0.6) is 0 Å². The number of carbonyl (C=O) groups excluding carboxylic acids is 1. The maximum Gasteiger partial charge on any atom is 0.417 e.